The molecular formula is C29H27FN2O5. The molecule has 1 aliphatic rings. The van der Waals surface area contributed by atoms with Crippen LogP contribution in [0.3, 0.4) is 0 Å². The molecule has 0 saturated heterocycles. The van der Waals surface area contributed by atoms with Crippen LogP contribution in [0, 0.1) is 5.82 Å². The van der Waals surface area contributed by atoms with Gasteiger partial charge < -0.3 is 24.5 Å². The lowest BCUT2D eigenvalue weighted by molar-refractivity contribution is -0.139. The molecule has 3 aromatic carbocycles. The van der Waals surface area contributed by atoms with Crippen molar-refractivity contribution < 1.29 is 28.6 Å². The quantitative estimate of drug-likeness (QED) is 0.358. The minimum atomic E-state index is -1.14. The number of halogens is 1. The van der Waals surface area contributed by atoms with Crippen molar-refractivity contribution in [3.05, 3.63) is 94.9 Å². The van der Waals surface area contributed by atoms with E-state index < -0.39 is 24.4 Å². The molecule has 1 unspecified atom stereocenters. The van der Waals surface area contributed by atoms with Gasteiger partial charge in [-0.2, -0.15) is 0 Å². The summed E-state index contributed by atoms with van der Waals surface area (Å²) in [7, 11) is 1.62. The first-order valence-electron chi connectivity index (χ1n) is 12.1. The molecule has 1 aromatic heterocycles. The number of aliphatic carboxylic acids is 1. The number of aromatic amines is 1. The fourth-order valence-corrected chi connectivity index (χ4v) is 5.05. The SMILES string of the molecule is COc1ccc2[nH]cc(CCC(=O)N3CCc4ccccc4C3c3cc(F)ccc3OCC(=O)O)c2c1. The summed E-state index contributed by atoms with van der Waals surface area (Å²) < 4.78 is 25.3. The molecule has 0 bridgehead atoms. The van der Waals surface area contributed by atoms with Crippen LogP contribution >= 0.6 is 0 Å². The van der Waals surface area contributed by atoms with Crippen molar-refractivity contribution in [2.24, 2.45) is 0 Å². The number of fused-ring (bicyclic) bond motifs is 2. The predicted octanol–water partition coefficient (Wildman–Crippen LogP) is 4.89. The molecule has 37 heavy (non-hydrogen) atoms. The van der Waals surface area contributed by atoms with Crippen molar-refractivity contribution >= 4 is 22.8 Å². The Hall–Kier alpha value is -4.33. The fraction of sp³-hybridized carbons (Fsp3) is 0.241. The highest BCUT2D eigenvalue weighted by Crippen LogP contribution is 2.40. The summed E-state index contributed by atoms with van der Waals surface area (Å²) in [5, 5.41) is 10.1. The van der Waals surface area contributed by atoms with Gasteiger partial charge in [-0.3, -0.25) is 4.79 Å². The van der Waals surface area contributed by atoms with E-state index in [9.17, 15) is 14.0 Å². The van der Waals surface area contributed by atoms with Crippen LogP contribution in [0.2, 0.25) is 0 Å². The van der Waals surface area contributed by atoms with Crippen molar-refractivity contribution in [3.8, 4) is 11.5 Å². The average Bonchev–Trinajstić information content (AvgIpc) is 3.32. The summed E-state index contributed by atoms with van der Waals surface area (Å²) >= 11 is 0. The third-order valence-electron chi connectivity index (χ3n) is 6.80. The third kappa shape index (κ3) is 5.00. The molecule has 5 rings (SSSR count). The van der Waals surface area contributed by atoms with Crippen LogP contribution in [0.4, 0.5) is 4.39 Å². The molecule has 1 atom stereocenters. The second-order valence-electron chi connectivity index (χ2n) is 9.03. The Kier molecular flexibility index (Phi) is 6.81. The van der Waals surface area contributed by atoms with Gasteiger partial charge in [0.2, 0.25) is 5.91 Å². The highest BCUT2D eigenvalue weighted by atomic mass is 19.1. The first-order valence-corrected chi connectivity index (χ1v) is 12.1. The van der Waals surface area contributed by atoms with E-state index >= 15 is 0 Å². The first kappa shape index (κ1) is 24.4. The normalized spacial score (nSPS) is 14.9. The van der Waals surface area contributed by atoms with E-state index in [0.717, 1.165) is 33.3 Å². The van der Waals surface area contributed by atoms with Gasteiger partial charge in [0.15, 0.2) is 6.61 Å². The van der Waals surface area contributed by atoms with Gasteiger partial charge in [0, 0.05) is 35.6 Å². The number of carbonyl (C=O) groups is 2. The van der Waals surface area contributed by atoms with Crippen LogP contribution in [0.5, 0.6) is 11.5 Å². The molecule has 0 fully saturated rings. The summed E-state index contributed by atoms with van der Waals surface area (Å²) in [5.74, 6) is -0.715. The molecule has 7 nitrogen and oxygen atoms in total. The Bertz CT molecular complexity index is 1460. The number of ether oxygens (including phenoxy) is 2. The summed E-state index contributed by atoms with van der Waals surface area (Å²) in [6, 6.07) is 16.9. The number of aromatic nitrogens is 1. The van der Waals surface area contributed by atoms with Crippen molar-refractivity contribution in [3.63, 3.8) is 0 Å². The topological polar surface area (TPSA) is 91.9 Å². The number of methoxy groups -OCH3 is 1. The largest absolute Gasteiger partial charge is 0.497 e. The maximum Gasteiger partial charge on any atom is 0.341 e. The smallest absolute Gasteiger partial charge is 0.341 e. The lowest BCUT2D eigenvalue weighted by Crippen LogP contribution is -2.41. The van der Waals surface area contributed by atoms with Crippen molar-refractivity contribution in [1.29, 1.82) is 0 Å². The van der Waals surface area contributed by atoms with Gasteiger partial charge in [-0.05, 0) is 65.9 Å². The zero-order valence-electron chi connectivity index (χ0n) is 20.4. The monoisotopic (exact) mass is 502 g/mol. The number of carboxylic acid groups (broad SMARTS) is 1. The van der Waals surface area contributed by atoms with Gasteiger partial charge in [0.1, 0.15) is 17.3 Å². The number of benzene rings is 3. The van der Waals surface area contributed by atoms with E-state index in [-0.39, 0.29) is 18.1 Å². The Morgan fingerprint density at radius 2 is 1.95 bits per heavy atom. The Morgan fingerprint density at radius 3 is 2.76 bits per heavy atom. The van der Waals surface area contributed by atoms with E-state index in [1.54, 1.807) is 12.0 Å². The molecule has 8 heteroatoms. The number of hydrogen-bond donors (Lipinski definition) is 2. The van der Waals surface area contributed by atoms with Gasteiger partial charge in [-0.15, -0.1) is 0 Å². The molecule has 190 valence electrons. The summed E-state index contributed by atoms with van der Waals surface area (Å²) in [6.45, 7) is -0.109. The van der Waals surface area contributed by atoms with E-state index in [4.69, 9.17) is 14.6 Å². The Morgan fingerprint density at radius 1 is 1.11 bits per heavy atom. The molecule has 0 saturated carbocycles. The third-order valence-corrected chi connectivity index (χ3v) is 6.80. The van der Waals surface area contributed by atoms with Gasteiger partial charge in [0.25, 0.3) is 0 Å². The van der Waals surface area contributed by atoms with Crippen molar-refractivity contribution in [1.82, 2.24) is 9.88 Å². The minimum Gasteiger partial charge on any atom is -0.497 e. The lowest BCUT2D eigenvalue weighted by atomic mass is 9.87. The maximum atomic E-state index is 14.5. The van der Waals surface area contributed by atoms with Crippen molar-refractivity contribution in [2.75, 3.05) is 20.3 Å². The molecule has 0 aliphatic carbocycles. The first-order chi connectivity index (χ1) is 17.9. The molecule has 1 aliphatic heterocycles. The molecule has 0 radical (unpaired) electrons. The number of amides is 1. The number of carboxylic acids is 1. The van der Waals surface area contributed by atoms with Crippen LogP contribution in [0.25, 0.3) is 10.9 Å². The Balaban J connectivity index is 1.47. The van der Waals surface area contributed by atoms with Crippen LogP contribution < -0.4 is 9.47 Å². The second kappa shape index (κ2) is 10.3. The summed E-state index contributed by atoms with van der Waals surface area (Å²) in [6.07, 6.45) is 3.35. The van der Waals surface area contributed by atoms with E-state index in [1.807, 2.05) is 48.7 Å². The Labute approximate surface area is 213 Å². The van der Waals surface area contributed by atoms with Crippen LogP contribution in [-0.2, 0) is 22.4 Å². The predicted molar refractivity (Wildman–Crippen MR) is 136 cm³/mol. The van der Waals surface area contributed by atoms with E-state index in [2.05, 4.69) is 4.98 Å². The van der Waals surface area contributed by atoms with Crippen LogP contribution in [0.1, 0.15) is 34.7 Å². The van der Waals surface area contributed by atoms with Gasteiger partial charge in [-0.1, -0.05) is 24.3 Å². The number of rotatable bonds is 8. The molecule has 2 N–H and O–H groups in total. The summed E-state index contributed by atoms with van der Waals surface area (Å²) in [4.78, 5) is 29.8. The van der Waals surface area contributed by atoms with E-state index in [1.165, 1.54) is 18.2 Å². The molecule has 2 heterocycles. The average molecular weight is 503 g/mol. The molecular weight excluding hydrogens is 475 g/mol. The molecule has 0 spiro atoms. The number of aryl methyl sites for hydroxylation is 1. The number of nitrogens with one attached hydrogen (secondary N) is 1. The van der Waals surface area contributed by atoms with Gasteiger partial charge in [0.05, 0.1) is 13.2 Å². The lowest BCUT2D eigenvalue weighted by Gasteiger charge is -2.38. The van der Waals surface area contributed by atoms with Crippen molar-refractivity contribution in [2.45, 2.75) is 25.3 Å². The standard InChI is InChI=1S/C29H27FN2O5/c1-36-21-8-9-25-23(15-21)19(16-31-25)6-11-27(33)32-13-12-18-4-2-3-5-22(18)29(32)24-14-20(30)7-10-26(24)37-17-28(34)35/h2-5,7-10,14-16,29,31H,6,11-13,17H2,1H3,(H,34,35). The molecule has 4 aromatic rings. The van der Waals surface area contributed by atoms with Crippen LogP contribution in [-0.4, -0.2) is 47.1 Å². The van der Waals surface area contributed by atoms with Gasteiger partial charge >= 0.3 is 5.97 Å². The number of hydrogen-bond acceptors (Lipinski definition) is 4. The minimum absolute atomic E-state index is 0.0785. The zero-order chi connectivity index (χ0) is 25.9. The molecule has 1 amide bonds. The summed E-state index contributed by atoms with van der Waals surface area (Å²) in [5.41, 5.74) is 4.34. The zero-order valence-corrected chi connectivity index (χ0v) is 20.4. The van der Waals surface area contributed by atoms with Crippen LogP contribution in [0.15, 0.2) is 66.9 Å². The second-order valence-corrected chi connectivity index (χ2v) is 9.03. The van der Waals surface area contributed by atoms with E-state index in [0.29, 0.717) is 24.9 Å². The highest BCUT2D eigenvalue weighted by Gasteiger charge is 2.34. The maximum absolute atomic E-state index is 14.5. The number of H-pyrrole nitrogens is 1. The van der Waals surface area contributed by atoms with Gasteiger partial charge in [-0.25, -0.2) is 9.18 Å². The highest BCUT2D eigenvalue weighted by molar-refractivity contribution is 5.86. The fourth-order valence-electron chi connectivity index (χ4n) is 5.05. The number of nitrogens with zero attached hydrogens (tertiary/aromatic N) is 1. The number of carbonyl (C=O) groups excluding carboxylic acids is 1.